The zero-order valence-corrected chi connectivity index (χ0v) is 17.2. The van der Waals surface area contributed by atoms with Gasteiger partial charge in [-0.1, -0.05) is 54.6 Å². The molecule has 29 heavy (non-hydrogen) atoms. The van der Waals surface area contributed by atoms with E-state index in [0.29, 0.717) is 6.61 Å². The van der Waals surface area contributed by atoms with Crippen LogP contribution in [0.1, 0.15) is 22.1 Å². The molecule has 0 saturated carbocycles. The number of benzene rings is 3. The first-order chi connectivity index (χ1) is 14.2. The normalized spacial score (nSPS) is 15.9. The number of thioether (sulfide) groups is 1. The Morgan fingerprint density at radius 2 is 1.90 bits per heavy atom. The summed E-state index contributed by atoms with van der Waals surface area (Å²) in [5.74, 6) is 1.74. The number of amides is 2. The monoisotopic (exact) mass is 404 g/mol. The van der Waals surface area contributed by atoms with E-state index >= 15 is 0 Å². The van der Waals surface area contributed by atoms with Crippen LogP contribution in [0.5, 0.6) is 5.75 Å². The van der Waals surface area contributed by atoms with Crippen molar-refractivity contribution >= 4 is 23.5 Å². The molecule has 1 N–H and O–H groups in total. The summed E-state index contributed by atoms with van der Waals surface area (Å²) >= 11 is 1.78. The number of nitrogens with zero attached hydrogens (tertiary/aromatic N) is 1. The van der Waals surface area contributed by atoms with Crippen molar-refractivity contribution in [2.75, 3.05) is 17.6 Å². The number of hydrogen-bond donors (Lipinski definition) is 1. The lowest BCUT2D eigenvalue weighted by molar-refractivity contribution is 0.214. The van der Waals surface area contributed by atoms with Gasteiger partial charge in [-0.15, -0.1) is 11.8 Å². The number of hydrogen-bond acceptors (Lipinski definition) is 3. The Balaban J connectivity index is 1.44. The van der Waals surface area contributed by atoms with Crippen LogP contribution in [0.4, 0.5) is 10.5 Å². The lowest BCUT2D eigenvalue weighted by Crippen LogP contribution is -2.34. The average Bonchev–Trinajstić information content (AvgIpc) is 3.23. The topological polar surface area (TPSA) is 41.6 Å². The molecule has 4 rings (SSSR count). The number of rotatable bonds is 5. The van der Waals surface area contributed by atoms with E-state index in [-0.39, 0.29) is 11.4 Å². The van der Waals surface area contributed by atoms with Gasteiger partial charge in [-0.2, -0.15) is 0 Å². The minimum atomic E-state index is -0.0683. The standard InChI is InChI=1S/C24H24N2O2S/c1-18-7-5-11-21(15-18)25-24(27)26-13-14-29-23(26)20-10-6-12-22(16-20)28-17-19-8-3-2-4-9-19/h2-12,15-16,23H,13-14,17H2,1H3,(H,25,27). The summed E-state index contributed by atoms with van der Waals surface area (Å²) in [7, 11) is 0. The van der Waals surface area contributed by atoms with Gasteiger partial charge in [0.05, 0.1) is 0 Å². The molecule has 1 aliphatic heterocycles. The second-order valence-electron chi connectivity index (χ2n) is 7.06. The molecule has 1 saturated heterocycles. The Hall–Kier alpha value is -2.92. The van der Waals surface area contributed by atoms with Gasteiger partial charge in [0.25, 0.3) is 0 Å². The Labute approximate surface area is 175 Å². The third-order valence-electron chi connectivity index (χ3n) is 4.81. The Morgan fingerprint density at radius 1 is 1.07 bits per heavy atom. The first-order valence-corrected chi connectivity index (χ1v) is 10.8. The molecule has 1 aliphatic rings. The van der Waals surface area contributed by atoms with Gasteiger partial charge < -0.3 is 15.0 Å². The van der Waals surface area contributed by atoms with Crippen LogP contribution in [0, 0.1) is 6.92 Å². The number of carbonyl (C=O) groups is 1. The average molecular weight is 405 g/mol. The van der Waals surface area contributed by atoms with Crippen LogP contribution >= 0.6 is 11.8 Å². The highest BCUT2D eigenvalue weighted by Gasteiger charge is 2.31. The van der Waals surface area contributed by atoms with Crippen molar-refractivity contribution in [2.45, 2.75) is 18.9 Å². The van der Waals surface area contributed by atoms with Crippen molar-refractivity contribution in [3.05, 3.63) is 95.6 Å². The third-order valence-corrected chi connectivity index (χ3v) is 6.07. The predicted octanol–water partition coefficient (Wildman–Crippen LogP) is 5.85. The van der Waals surface area contributed by atoms with Gasteiger partial charge in [0.1, 0.15) is 17.7 Å². The van der Waals surface area contributed by atoms with E-state index in [1.54, 1.807) is 11.8 Å². The molecule has 4 nitrogen and oxygen atoms in total. The van der Waals surface area contributed by atoms with Crippen LogP contribution in [-0.2, 0) is 6.61 Å². The molecule has 5 heteroatoms. The number of carbonyl (C=O) groups excluding carboxylic acids is 1. The Bertz CT molecular complexity index is 977. The zero-order valence-electron chi connectivity index (χ0n) is 16.4. The molecular formula is C24H24N2O2S. The van der Waals surface area contributed by atoms with Crippen LogP contribution < -0.4 is 10.1 Å². The molecule has 148 valence electrons. The van der Waals surface area contributed by atoms with Crippen LogP contribution in [0.3, 0.4) is 0 Å². The maximum atomic E-state index is 12.9. The van der Waals surface area contributed by atoms with Crippen LogP contribution in [0.25, 0.3) is 0 Å². The van der Waals surface area contributed by atoms with Crippen molar-refractivity contribution in [3.63, 3.8) is 0 Å². The number of anilines is 1. The van der Waals surface area contributed by atoms with Crippen LogP contribution in [0.15, 0.2) is 78.9 Å². The van der Waals surface area contributed by atoms with Gasteiger partial charge >= 0.3 is 6.03 Å². The van der Waals surface area contributed by atoms with E-state index < -0.39 is 0 Å². The van der Waals surface area contributed by atoms with Gasteiger partial charge in [-0.25, -0.2) is 4.79 Å². The number of nitrogens with one attached hydrogen (secondary N) is 1. The fourth-order valence-corrected chi connectivity index (χ4v) is 4.62. The van der Waals surface area contributed by atoms with Crippen molar-refractivity contribution in [1.82, 2.24) is 4.90 Å². The largest absolute Gasteiger partial charge is 0.489 e. The highest BCUT2D eigenvalue weighted by atomic mass is 32.2. The number of aryl methyl sites for hydroxylation is 1. The molecule has 0 bridgehead atoms. The SMILES string of the molecule is Cc1cccc(NC(=O)N2CCSC2c2cccc(OCc3ccccc3)c2)c1. The first-order valence-electron chi connectivity index (χ1n) is 9.71. The van der Waals surface area contributed by atoms with Crippen molar-refractivity contribution in [3.8, 4) is 5.75 Å². The van der Waals surface area contributed by atoms with E-state index in [9.17, 15) is 4.79 Å². The van der Waals surface area contributed by atoms with E-state index in [0.717, 1.165) is 40.4 Å². The number of ether oxygens (including phenoxy) is 1. The molecule has 2 amide bonds. The molecule has 0 spiro atoms. The lowest BCUT2D eigenvalue weighted by atomic mass is 10.2. The minimum Gasteiger partial charge on any atom is -0.489 e. The lowest BCUT2D eigenvalue weighted by Gasteiger charge is -2.25. The van der Waals surface area contributed by atoms with Crippen molar-refractivity contribution in [2.24, 2.45) is 0 Å². The molecule has 0 radical (unpaired) electrons. The maximum absolute atomic E-state index is 12.9. The summed E-state index contributed by atoms with van der Waals surface area (Å²) in [6.45, 7) is 3.27. The molecule has 3 aromatic carbocycles. The highest BCUT2D eigenvalue weighted by molar-refractivity contribution is 7.99. The fraction of sp³-hybridized carbons (Fsp3) is 0.208. The summed E-state index contributed by atoms with van der Waals surface area (Å²) in [5, 5.41) is 3.01. The van der Waals surface area contributed by atoms with Gasteiger partial charge in [0, 0.05) is 18.0 Å². The summed E-state index contributed by atoms with van der Waals surface area (Å²) < 4.78 is 5.97. The predicted molar refractivity (Wildman–Crippen MR) is 119 cm³/mol. The molecule has 1 heterocycles. The third kappa shape index (κ3) is 4.93. The minimum absolute atomic E-state index is 0.0138. The summed E-state index contributed by atoms with van der Waals surface area (Å²) in [4.78, 5) is 14.8. The van der Waals surface area contributed by atoms with Gasteiger partial charge in [-0.3, -0.25) is 0 Å². The zero-order chi connectivity index (χ0) is 20.1. The van der Waals surface area contributed by atoms with Gasteiger partial charge in [0.2, 0.25) is 0 Å². The molecule has 0 aromatic heterocycles. The molecule has 1 unspecified atom stereocenters. The first kappa shape index (κ1) is 19.4. The summed E-state index contributed by atoms with van der Waals surface area (Å²) in [6, 6.07) is 26.0. The molecule has 1 fully saturated rings. The fourth-order valence-electron chi connectivity index (χ4n) is 3.37. The van der Waals surface area contributed by atoms with Crippen molar-refractivity contribution in [1.29, 1.82) is 0 Å². The van der Waals surface area contributed by atoms with Gasteiger partial charge in [-0.05, 0) is 47.9 Å². The van der Waals surface area contributed by atoms with E-state index in [1.807, 2.05) is 84.6 Å². The van der Waals surface area contributed by atoms with Crippen LogP contribution in [0.2, 0.25) is 0 Å². The van der Waals surface area contributed by atoms with Crippen LogP contribution in [-0.4, -0.2) is 23.2 Å². The molecule has 3 aromatic rings. The van der Waals surface area contributed by atoms with E-state index in [1.165, 1.54) is 0 Å². The maximum Gasteiger partial charge on any atom is 0.323 e. The van der Waals surface area contributed by atoms with Crippen molar-refractivity contribution < 1.29 is 9.53 Å². The smallest absolute Gasteiger partial charge is 0.323 e. The Kier molecular flexibility index (Phi) is 6.06. The molecule has 1 atom stereocenters. The highest BCUT2D eigenvalue weighted by Crippen LogP contribution is 2.39. The second-order valence-corrected chi connectivity index (χ2v) is 8.25. The summed E-state index contributed by atoms with van der Waals surface area (Å²) in [6.07, 6.45) is 0. The Morgan fingerprint density at radius 3 is 2.72 bits per heavy atom. The molecule has 0 aliphatic carbocycles. The van der Waals surface area contributed by atoms with E-state index in [4.69, 9.17) is 4.74 Å². The quantitative estimate of drug-likeness (QED) is 0.580. The summed E-state index contributed by atoms with van der Waals surface area (Å²) in [5.41, 5.74) is 4.16. The number of urea groups is 1. The van der Waals surface area contributed by atoms with Gasteiger partial charge in [0.15, 0.2) is 0 Å². The van der Waals surface area contributed by atoms with E-state index in [2.05, 4.69) is 11.4 Å². The second kappa shape index (κ2) is 9.05. The molecular weight excluding hydrogens is 380 g/mol.